The van der Waals surface area contributed by atoms with Crippen molar-refractivity contribution in [2.75, 3.05) is 13.1 Å². The van der Waals surface area contributed by atoms with Crippen LogP contribution in [0.15, 0.2) is 30.5 Å². The Morgan fingerprint density at radius 3 is 2.07 bits per heavy atom. The lowest BCUT2D eigenvalue weighted by Crippen LogP contribution is -2.40. The van der Waals surface area contributed by atoms with Gasteiger partial charge in [0.25, 0.3) is 0 Å². The summed E-state index contributed by atoms with van der Waals surface area (Å²) in [5, 5.41) is 6.59. The molecule has 5 heteroatoms. The molecule has 2 rings (SSSR count). The second-order valence-corrected chi connectivity index (χ2v) is 7.80. The van der Waals surface area contributed by atoms with Crippen LogP contribution in [0.1, 0.15) is 76.7 Å². The minimum Gasteiger partial charge on any atom is -0.361 e. The van der Waals surface area contributed by atoms with E-state index < -0.39 is 11.8 Å². The topological polar surface area (TPSA) is 74.0 Å². The van der Waals surface area contributed by atoms with Gasteiger partial charge >= 0.3 is 11.8 Å². The van der Waals surface area contributed by atoms with E-state index in [9.17, 15) is 9.59 Å². The Bertz CT molecular complexity index is 739. The van der Waals surface area contributed by atoms with Crippen LogP contribution in [-0.4, -0.2) is 29.9 Å². The Morgan fingerprint density at radius 2 is 1.38 bits per heavy atom. The normalized spacial score (nSPS) is 10.9. The predicted molar refractivity (Wildman–Crippen MR) is 120 cm³/mol. The van der Waals surface area contributed by atoms with Gasteiger partial charge in [-0.2, -0.15) is 0 Å². The summed E-state index contributed by atoms with van der Waals surface area (Å²) < 4.78 is 0. The maximum Gasteiger partial charge on any atom is 0.309 e. The molecule has 0 aliphatic heterocycles. The van der Waals surface area contributed by atoms with Gasteiger partial charge in [0.2, 0.25) is 0 Å². The zero-order valence-corrected chi connectivity index (χ0v) is 17.9. The molecule has 0 bridgehead atoms. The van der Waals surface area contributed by atoms with E-state index in [4.69, 9.17) is 0 Å². The Hall–Kier alpha value is -2.30. The monoisotopic (exact) mass is 399 g/mol. The van der Waals surface area contributed by atoms with E-state index in [0.29, 0.717) is 19.5 Å². The molecule has 160 valence electrons. The maximum absolute atomic E-state index is 11.9. The molecule has 29 heavy (non-hydrogen) atoms. The van der Waals surface area contributed by atoms with Gasteiger partial charge in [-0.05, 0) is 24.5 Å². The second-order valence-electron chi connectivity index (χ2n) is 7.80. The maximum atomic E-state index is 11.9. The van der Waals surface area contributed by atoms with Crippen molar-refractivity contribution >= 4 is 22.7 Å². The molecule has 0 spiro atoms. The minimum atomic E-state index is -0.545. The van der Waals surface area contributed by atoms with Crippen LogP contribution in [0.3, 0.4) is 0 Å². The highest BCUT2D eigenvalue weighted by Crippen LogP contribution is 2.17. The fourth-order valence-corrected chi connectivity index (χ4v) is 3.62. The molecule has 0 saturated carbocycles. The highest BCUT2D eigenvalue weighted by Gasteiger charge is 2.12. The van der Waals surface area contributed by atoms with Crippen molar-refractivity contribution in [2.24, 2.45) is 0 Å². The molecular weight excluding hydrogens is 362 g/mol. The van der Waals surface area contributed by atoms with Crippen LogP contribution in [0, 0.1) is 0 Å². The molecule has 2 amide bonds. The van der Waals surface area contributed by atoms with Crippen LogP contribution >= 0.6 is 0 Å². The van der Waals surface area contributed by atoms with E-state index in [2.05, 4.69) is 28.6 Å². The molecule has 0 unspecified atom stereocenters. The van der Waals surface area contributed by atoms with E-state index in [1.165, 1.54) is 51.4 Å². The number of unbranched alkanes of at least 4 members (excludes halogenated alkanes) is 9. The number of rotatable bonds is 14. The fourth-order valence-electron chi connectivity index (χ4n) is 3.62. The van der Waals surface area contributed by atoms with Gasteiger partial charge in [-0.1, -0.05) is 82.9 Å². The summed E-state index contributed by atoms with van der Waals surface area (Å²) in [6.07, 6.45) is 15.2. The van der Waals surface area contributed by atoms with Crippen molar-refractivity contribution in [3.8, 4) is 0 Å². The van der Waals surface area contributed by atoms with Crippen LogP contribution in [-0.2, 0) is 16.0 Å². The molecule has 0 saturated heterocycles. The van der Waals surface area contributed by atoms with Gasteiger partial charge in [0.1, 0.15) is 0 Å². The van der Waals surface area contributed by atoms with Crippen LogP contribution in [0.25, 0.3) is 10.9 Å². The van der Waals surface area contributed by atoms with Crippen molar-refractivity contribution in [1.29, 1.82) is 0 Å². The number of aromatic amines is 1. The van der Waals surface area contributed by atoms with E-state index in [-0.39, 0.29) is 0 Å². The number of H-pyrrole nitrogens is 1. The van der Waals surface area contributed by atoms with Crippen molar-refractivity contribution < 1.29 is 9.59 Å². The Labute approximate surface area is 175 Å². The molecule has 1 aromatic heterocycles. The first-order valence-electron chi connectivity index (χ1n) is 11.3. The summed E-state index contributed by atoms with van der Waals surface area (Å²) >= 11 is 0. The summed E-state index contributed by atoms with van der Waals surface area (Å²) in [4.78, 5) is 27.0. The molecule has 0 aliphatic carbocycles. The van der Waals surface area contributed by atoms with Crippen molar-refractivity contribution in [3.63, 3.8) is 0 Å². The molecule has 5 nitrogen and oxygen atoms in total. The average Bonchev–Trinajstić information content (AvgIpc) is 3.15. The zero-order valence-electron chi connectivity index (χ0n) is 17.9. The summed E-state index contributed by atoms with van der Waals surface area (Å²) in [6.45, 7) is 3.27. The number of carbonyl (C=O) groups excluding carboxylic acids is 2. The molecular formula is C24H37N3O2. The summed E-state index contributed by atoms with van der Waals surface area (Å²) in [5.74, 6) is -1.07. The lowest BCUT2D eigenvalue weighted by molar-refractivity contribution is -0.139. The van der Waals surface area contributed by atoms with Crippen molar-refractivity contribution in [1.82, 2.24) is 15.6 Å². The molecule has 1 aromatic carbocycles. The number of para-hydroxylation sites is 1. The third-order valence-electron chi connectivity index (χ3n) is 5.38. The molecule has 0 aliphatic rings. The van der Waals surface area contributed by atoms with Gasteiger partial charge in [-0.25, -0.2) is 0 Å². The first-order chi connectivity index (χ1) is 14.2. The molecule has 3 N–H and O–H groups in total. The Morgan fingerprint density at radius 1 is 0.793 bits per heavy atom. The van der Waals surface area contributed by atoms with E-state index in [1.54, 1.807) is 0 Å². The van der Waals surface area contributed by atoms with Gasteiger partial charge in [-0.3, -0.25) is 9.59 Å². The number of carbonyl (C=O) groups is 2. The van der Waals surface area contributed by atoms with Gasteiger partial charge in [0, 0.05) is 30.2 Å². The zero-order chi connectivity index (χ0) is 20.7. The number of nitrogens with one attached hydrogen (secondary N) is 3. The number of benzene rings is 1. The molecule has 2 aromatic rings. The third kappa shape index (κ3) is 8.71. The first-order valence-corrected chi connectivity index (χ1v) is 11.3. The third-order valence-corrected chi connectivity index (χ3v) is 5.38. The number of hydrogen-bond acceptors (Lipinski definition) is 2. The van der Waals surface area contributed by atoms with Crippen LogP contribution in [0.2, 0.25) is 0 Å². The smallest absolute Gasteiger partial charge is 0.309 e. The van der Waals surface area contributed by atoms with Crippen LogP contribution < -0.4 is 10.6 Å². The number of fused-ring (bicyclic) bond motifs is 1. The quantitative estimate of drug-likeness (QED) is 0.313. The lowest BCUT2D eigenvalue weighted by atomic mass is 10.1. The Kier molecular flexibility index (Phi) is 10.9. The van der Waals surface area contributed by atoms with Gasteiger partial charge in [0.05, 0.1) is 0 Å². The molecule has 1 heterocycles. The average molecular weight is 400 g/mol. The molecule has 0 fully saturated rings. The van der Waals surface area contributed by atoms with Gasteiger partial charge in [-0.15, -0.1) is 0 Å². The SMILES string of the molecule is CCCCCCCCCCCCNC(=O)C(=O)NCCc1c[nH]c2ccccc12. The fraction of sp³-hybridized carbons (Fsp3) is 0.583. The summed E-state index contributed by atoms with van der Waals surface area (Å²) in [5.41, 5.74) is 2.23. The molecule has 0 radical (unpaired) electrons. The summed E-state index contributed by atoms with van der Waals surface area (Å²) in [6, 6.07) is 8.07. The lowest BCUT2D eigenvalue weighted by Gasteiger charge is -2.06. The van der Waals surface area contributed by atoms with Crippen molar-refractivity contribution in [3.05, 3.63) is 36.0 Å². The number of amides is 2. The highest BCUT2D eigenvalue weighted by molar-refractivity contribution is 6.35. The van der Waals surface area contributed by atoms with Crippen molar-refractivity contribution in [2.45, 2.75) is 77.6 Å². The second kappa shape index (κ2) is 13.8. The van der Waals surface area contributed by atoms with E-state index in [0.717, 1.165) is 29.3 Å². The van der Waals surface area contributed by atoms with Gasteiger partial charge < -0.3 is 15.6 Å². The van der Waals surface area contributed by atoms with E-state index in [1.807, 2.05) is 24.4 Å². The summed E-state index contributed by atoms with van der Waals surface area (Å²) in [7, 11) is 0. The Balaban J connectivity index is 1.47. The standard InChI is InChI=1S/C24H37N3O2/c1-2-3-4-5-6-7-8-9-10-13-17-25-23(28)24(29)26-18-16-20-19-27-22-15-12-11-14-21(20)22/h11-12,14-15,19,27H,2-10,13,16-18H2,1H3,(H,25,28)(H,26,29). The highest BCUT2D eigenvalue weighted by atomic mass is 16.2. The van der Waals surface area contributed by atoms with Crippen LogP contribution in [0.4, 0.5) is 0 Å². The van der Waals surface area contributed by atoms with Crippen LogP contribution in [0.5, 0.6) is 0 Å². The largest absolute Gasteiger partial charge is 0.361 e. The first kappa shape index (κ1) is 23.0. The number of hydrogen-bond donors (Lipinski definition) is 3. The van der Waals surface area contributed by atoms with Gasteiger partial charge in [0.15, 0.2) is 0 Å². The number of aromatic nitrogens is 1. The minimum absolute atomic E-state index is 0.451. The molecule has 0 atom stereocenters. The predicted octanol–water partition coefficient (Wildman–Crippen LogP) is 4.86. The van der Waals surface area contributed by atoms with E-state index >= 15 is 0 Å².